The molecule has 0 aliphatic rings. The van der Waals surface area contributed by atoms with Gasteiger partial charge in [0.2, 0.25) is 0 Å². The molecule has 0 unspecified atom stereocenters. The average Bonchev–Trinajstić information content (AvgIpc) is 2.01. The van der Waals surface area contributed by atoms with Crippen molar-refractivity contribution in [1.82, 2.24) is 9.97 Å². The van der Waals surface area contributed by atoms with Gasteiger partial charge in [0.25, 0.3) is 5.56 Å². The number of halogens is 1. The first kappa shape index (κ1) is 10.3. The van der Waals surface area contributed by atoms with Crippen molar-refractivity contribution in [1.29, 1.82) is 0 Å². The summed E-state index contributed by atoms with van der Waals surface area (Å²) in [5.41, 5.74) is 0.511. The number of aromatic nitrogens is 2. The molecule has 13 heavy (non-hydrogen) atoms. The van der Waals surface area contributed by atoms with Crippen molar-refractivity contribution in [3.05, 3.63) is 27.9 Å². The van der Waals surface area contributed by atoms with E-state index in [4.69, 9.17) is 11.6 Å². The van der Waals surface area contributed by atoms with Gasteiger partial charge in [-0.15, -0.1) is 11.6 Å². The van der Waals surface area contributed by atoms with Gasteiger partial charge in [-0.25, -0.2) is 4.98 Å². The highest BCUT2D eigenvalue weighted by Crippen LogP contribution is 2.18. The van der Waals surface area contributed by atoms with Crippen molar-refractivity contribution in [2.24, 2.45) is 0 Å². The quantitative estimate of drug-likeness (QED) is 0.703. The van der Waals surface area contributed by atoms with Gasteiger partial charge >= 0.3 is 0 Å². The zero-order valence-corrected chi connectivity index (χ0v) is 8.77. The molecule has 0 aliphatic heterocycles. The zero-order chi connectivity index (χ0) is 10.1. The minimum atomic E-state index is -0.143. The summed E-state index contributed by atoms with van der Waals surface area (Å²) in [6.45, 7) is 6.02. The second-order valence-corrected chi connectivity index (χ2v) is 4.23. The molecule has 72 valence electrons. The molecule has 0 saturated carbocycles. The molecule has 0 spiro atoms. The van der Waals surface area contributed by atoms with Gasteiger partial charge in [-0.2, -0.15) is 0 Å². The molecule has 1 heterocycles. The third kappa shape index (κ3) is 2.56. The molecule has 0 aliphatic carbocycles. The normalized spacial score (nSPS) is 11.7. The van der Waals surface area contributed by atoms with E-state index in [2.05, 4.69) is 9.97 Å². The minimum Gasteiger partial charge on any atom is -0.310 e. The predicted octanol–water partition coefficient (Wildman–Crippen LogP) is 1.81. The molecule has 0 radical (unpaired) electrons. The van der Waals surface area contributed by atoms with Crippen molar-refractivity contribution in [2.45, 2.75) is 32.1 Å². The lowest BCUT2D eigenvalue weighted by Gasteiger charge is -2.17. The minimum absolute atomic E-state index is 0.116. The summed E-state index contributed by atoms with van der Waals surface area (Å²) < 4.78 is 0. The third-order valence-corrected chi connectivity index (χ3v) is 1.94. The summed E-state index contributed by atoms with van der Waals surface area (Å²) in [6, 6.07) is 1.51. The van der Waals surface area contributed by atoms with Crippen molar-refractivity contribution in [2.75, 3.05) is 0 Å². The van der Waals surface area contributed by atoms with E-state index in [0.717, 1.165) is 5.69 Å². The van der Waals surface area contributed by atoms with Crippen LogP contribution in [-0.2, 0) is 11.3 Å². The van der Waals surface area contributed by atoms with Crippen LogP contribution in [0.15, 0.2) is 10.9 Å². The zero-order valence-electron chi connectivity index (χ0n) is 8.02. The highest BCUT2D eigenvalue weighted by molar-refractivity contribution is 6.16. The maximum Gasteiger partial charge on any atom is 0.251 e. The van der Waals surface area contributed by atoms with Gasteiger partial charge in [0.1, 0.15) is 5.82 Å². The molecule has 1 aromatic heterocycles. The van der Waals surface area contributed by atoms with Crippen molar-refractivity contribution in [3.8, 4) is 0 Å². The van der Waals surface area contributed by atoms with Crippen molar-refractivity contribution in [3.63, 3.8) is 0 Å². The molecule has 3 nitrogen and oxygen atoms in total. The van der Waals surface area contributed by atoms with Gasteiger partial charge in [-0.3, -0.25) is 4.79 Å². The summed E-state index contributed by atoms with van der Waals surface area (Å²) in [5, 5.41) is 0. The topological polar surface area (TPSA) is 45.8 Å². The summed E-state index contributed by atoms with van der Waals surface area (Å²) in [5.74, 6) is 0.762. The first-order valence-electron chi connectivity index (χ1n) is 4.10. The highest BCUT2D eigenvalue weighted by Gasteiger charge is 2.16. The Morgan fingerprint density at radius 3 is 2.62 bits per heavy atom. The van der Waals surface area contributed by atoms with Crippen molar-refractivity contribution >= 4 is 11.6 Å². The maximum absolute atomic E-state index is 11.2. The van der Waals surface area contributed by atoms with E-state index in [1.54, 1.807) is 0 Å². The SMILES string of the molecule is CC(C)(C)c1cc(=O)[nH]c(CCl)n1. The number of aromatic amines is 1. The summed E-state index contributed by atoms with van der Waals surface area (Å²) in [6.07, 6.45) is 0. The average molecular weight is 201 g/mol. The Hall–Kier alpha value is -0.830. The number of alkyl halides is 1. The van der Waals surface area contributed by atoms with Crippen LogP contribution in [0.4, 0.5) is 0 Å². The largest absolute Gasteiger partial charge is 0.310 e. The first-order chi connectivity index (χ1) is 5.93. The van der Waals surface area contributed by atoms with Crippen LogP contribution in [0.1, 0.15) is 32.3 Å². The van der Waals surface area contributed by atoms with Gasteiger partial charge in [0.05, 0.1) is 11.6 Å². The molecular weight excluding hydrogens is 188 g/mol. The lowest BCUT2D eigenvalue weighted by atomic mass is 9.92. The Bertz CT molecular complexity index is 351. The lowest BCUT2D eigenvalue weighted by Crippen LogP contribution is -2.20. The predicted molar refractivity (Wildman–Crippen MR) is 53.1 cm³/mol. The van der Waals surface area contributed by atoms with E-state index in [-0.39, 0.29) is 16.9 Å². The molecular formula is C9H13ClN2O. The molecule has 1 rings (SSSR count). The van der Waals surface area contributed by atoms with Gasteiger partial charge in [0.15, 0.2) is 0 Å². The highest BCUT2D eigenvalue weighted by atomic mass is 35.5. The van der Waals surface area contributed by atoms with Crippen LogP contribution >= 0.6 is 11.6 Å². The van der Waals surface area contributed by atoms with E-state index in [1.165, 1.54) is 6.07 Å². The van der Waals surface area contributed by atoms with Gasteiger partial charge in [-0.1, -0.05) is 20.8 Å². The van der Waals surface area contributed by atoms with Crippen LogP contribution in [0.5, 0.6) is 0 Å². The molecule has 0 fully saturated rings. The van der Waals surface area contributed by atoms with Crippen LogP contribution in [-0.4, -0.2) is 9.97 Å². The lowest BCUT2D eigenvalue weighted by molar-refractivity contribution is 0.562. The Morgan fingerprint density at radius 1 is 1.54 bits per heavy atom. The van der Waals surface area contributed by atoms with E-state index >= 15 is 0 Å². The number of rotatable bonds is 1. The number of nitrogens with one attached hydrogen (secondary N) is 1. The van der Waals surface area contributed by atoms with E-state index in [9.17, 15) is 4.79 Å². The molecule has 1 aromatic rings. The Balaban J connectivity index is 3.24. The van der Waals surface area contributed by atoms with E-state index < -0.39 is 0 Å². The Morgan fingerprint density at radius 2 is 2.15 bits per heavy atom. The maximum atomic E-state index is 11.2. The van der Waals surface area contributed by atoms with Gasteiger partial charge in [0, 0.05) is 11.5 Å². The number of hydrogen-bond acceptors (Lipinski definition) is 2. The molecule has 1 N–H and O–H groups in total. The molecule has 0 aromatic carbocycles. The van der Waals surface area contributed by atoms with Crippen LogP contribution < -0.4 is 5.56 Å². The summed E-state index contributed by atoms with van der Waals surface area (Å²) >= 11 is 5.59. The number of H-pyrrole nitrogens is 1. The standard InChI is InChI=1S/C9H13ClN2O/c1-9(2,3)6-4-8(13)12-7(5-10)11-6/h4H,5H2,1-3H3,(H,11,12,13). The van der Waals surface area contributed by atoms with Crippen molar-refractivity contribution < 1.29 is 0 Å². The fourth-order valence-electron chi connectivity index (χ4n) is 0.956. The van der Waals surface area contributed by atoms with Crippen LogP contribution in [0.25, 0.3) is 0 Å². The smallest absolute Gasteiger partial charge is 0.251 e. The Kier molecular flexibility index (Phi) is 2.76. The summed E-state index contributed by atoms with van der Waals surface area (Å²) in [7, 11) is 0. The molecule has 0 bridgehead atoms. The number of nitrogens with zero attached hydrogens (tertiary/aromatic N) is 1. The molecule has 0 atom stereocenters. The summed E-state index contributed by atoms with van der Waals surface area (Å²) in [4.78, 5) is 18.0. The number of hydrogen-bond donors (Lipinski definition) is 1. The van der Waals surface area contributed by atoms with Crippen LogP contribution in [0, 0.1) is 0 Å². The monoisotopic (exact) mass is 200 g/mol. The van der Waals surface area contributed by atoms with Crippen LogP contribution in [0.3, 0.4) is 0 Å². The fourth-order valence-corrected chi connectivity index (χ4v) is 1.08. The second-order valence-electron chi connectivity index (χ2n) is 3.96. The molecule has 0 saturated heterocycles. The van der Waals surface area contributed by atoms with Crippen LogP contribution in [0.2, 0.25) is 0 Å². The first-order valence-corrected chi connectivity index (χ1v) is 4.63. The third-order valence-electron chi connectivity index (χ3n) is 1.69. The van der Waals surface area contributed by atoms with E-state index in [0.29, 0.717) is 5.82 Å². The van der Waals surface area contributed by atoms with Gasteiger partial charge in [-0.05, 0) is 0 Å². The molecule has 4 heteroatoms. The Labute approximate surface area is 82.2 Å². The van der Waals surface area contributed by atoms with Gasteiger partial charge < -0.3 is 4.98 Å². The second kappa shape index (κ2) is 3.50. The van der Waals surface area contributed by atoms with E-state index in [1.807, 2.05) is 20.8 Å². The molecule has 0 amide bonds. The fraction of sp³-hybridized carbons (Fsp3) is 0.556.